The molecule has 0 aliphatic heterocycles. The molecule has 0 spiro atoms. The Hall–Kier alpha value is 0.360. The molecule has 0 saturated heterocycles. The topological polar surface area (TPSA) is 0 Å². The maximum atomic E-state index is 12.4. The van der Waals surface area contributed by atoms with Gasteiger partial charge in [-0.2, -0.15) is 0 Å². The Bertz CT molecular complexity index is 202. The van der Waals surface area contributed by atoms with Crippen molar-refractivity contribution in [2.24, 2.45) is 0 Å². The third-order valence-corrected chi connectivity index (χ3v) is 4.33. The Kier molecular flexibility index (Phi) is 2.91. The van der Waals surface area contributed by atoms with Crippen LogP contribution in [0.2, 0.25) is 0 Å². The molecule has 0 saturated carbocycles. The van der Waals surface area contributed by atoms with Crippen LogP contribution in [-0.4, -0.2) is 0 Å². The van der Waals surface area contributed by atoms with Crippen LogP contribution in [0.15, 0.2) is 24.3 Å². The third kappa shape index (κ3) is 2.21. The van der Waals surface area contributed by atoms with Crippen molar-refractivity contribution in [1.82, 2.24) is 0 Å². The fourth-order valence-corrected chi connectivity index (χ4v) is 2.51. The molecule has 0 atom stereocenters. The molecule has 1 aromatic rings. The molecule has 1 aromatic carbocycles. The van der Waals surface area contributed by atoms with Gasteiger partial charge in [-0.25, -0.2) is 0 Å². The number of rotatable bonds is 1. The molecule has 1 rings (SSSR count). The van der Waals surface area contributed by atoms with Gasteiger partial charge in [0.25, 0.3) is 0 Å². The van der Waals surface area contributed by atoms with Crippen molar-refractivity contribution in [3.63, 3.8) is 0 Å². The first kappa shape index (κ1) is 7.47. The van der Waals surface area contributed by atoms with Crippen LogP contribution in [0.5, 0.6) is 0 Å². The zero-order valence-corrected chi connectivity index (χ0v) is 8.19. The zero-order valence-electron chi connectivity index (χ0n) is 4.44. The Balaban J connectivity index is 2.94. The number of benzene rings is 1. The summed E-state index contributed by atoms with van der Waals surface area (Å²) in [5.74, 6) is -0.147. The van der Waals surface area contributed by atoms with Gasteiger partial charge in [0.05, 0.1) is 0 Å². The van der Waals surface area contributed by atoms with E-state index in [0.29, 0.717) is 0 Å². The Morgan fingerprint density at radius 2 is 2.22 bits per heavy atom. The van der Waals surface area contributed by atoms with Gasteiger partial charge in [0.2, 0.25) is 0 Å². The van der Waals surface area contributed by atoms with Crippen LogP contribution in [-0.2, 0) is 0 Å². The molecule has 0 aliphatic rings. The molecule has 0 radical (unpaired) electrons. The summed E-state index contributed by atoms with van der Waals surface area (Å²) in [6.45, 7) is 0. The minimum atomic E-state index is -0.147. The predicted molar refractivity (Wildman–Crippen MR) is 34.0 cm³/mol. The maximum absolute atomic E-state index is 12.4. The summed E-state index contributed by atoms with van der Waals surface area (Å²) in [4.78, 5) is 0. The molecule has 50 valence electrons. The van der Waals surface area contributed by atoms with Crippen molar-refractivity contribution in [2.45, 2.75) is 0 Å². The molecule has 0 aliphatic carbocycles. The Morgan fingerprint density at radius 1 is 1.44 bits per heavy atom. The van der Waals surface area contributed by atoms with Gasteiger partial charge in [-0.1, -0.05) is 0 Å². The number of hydrogen-bond donors (Lipinski definition) is 0. The molecule has 0 N–H and O–H groups in total. The fraction of sp³-hybridized carbons (Fsp3) is 0. The molecule has 9 heavy (non-hydrogen) atoms. The molecule has 0 unspecified atom stereocenters. The Labute approximate surface area is 69.5 Å². The van der Waals surface area contributed by atoms with Crippen LogP contribution < -0.4 is 19.0 Å². The van der Waals surface area contributed by atoms with E-state index in [4.69, 9.17) is 0 Å². The van der Waals surface area contributed by atoms with Gasteiger partial charge >= 0.3 is 69.7 Å². The first-order valence-electron chi connectivity index (χ1n) is 2.34. The van der Waals surface area contributed by atoms with E-state index in [1.165, 1.54) is 6.07 Å². The van der Waals surface area contributed by atoms with Crippen molar-refractivity contribution in [3.05, 3.63) is 33.7 Å². The molecule has 0 heterocycles. The summed E-state index contributed by atoms with van der Waals surface area (Å²) in [5.41, 5.74) is 0. The second kappa shape index (κ2) is 3.51. The van der Waals surface area contributed by atoms with E-state index in [1.807, 2.05) is 6.07 Å². The standard InChI is InChI=1S/C6H4BrFI/c7-9-6-3-1-2-5(8)4-6/h1-4H/q-1. The first-order valence-corrected chi connectivity index (χ1v) is 8.26. The number of halogens is 3. The van der Waals surface area contributed by atoms with Crippen LogP contribution in [0, 0.1) is 9.39 Å². The van der Waals surface area contributed by atoms with E-state index >= 15 is 0 Å². The average Bonchev–Trinajstić information content (AvgIpc) is 1.88. The van der Waals surface area contributed by atoms with Crippen LogP contribution in [0.25, 0.3) is 0 Å². The molecular formula is C6H4BrFI-. The van der Waals surface area contributed by atoms with Gasteiger partial charge in [0.15, 0.2) is 0 Å². The second-order valence-corrected chi connectivity index (χ2v) is 5.18. The quantitative estimate of drug-likeness (QED) is 0.608. The Morgan fingerprint density at radius 3 is 2.67 bits per heavy atom. The van der Waals surface area contributed by atoms with Crippen LogP contribution in [0.1, 0.15) is 0 Å². The van der Waals surface area contributed by atoms with Gasteiger partial charge < -0.3 is 0 Å². The summed E-state index contributed by atoms with van der Waals surface area (Å²) in [6.07, 6.45) is 0. The van der Waals surface area contributed by atoms with E-state index in [2.05, 4.69) is 12.7 Å². The van der Waals surface area contributed by atoms with E-state index in [9.17, 15) is 4.39 Å². The van der Waals surface area contributed by atoms with Gasteiger partial charge in [0.1, 0.15) is 0 Å². The SMILES string of the molecule is Fc1cccc([I-]Br)c1. The van der Waals surface area contributed by atoms with Crippen molar-refractivity contribution >= 4 is 12.7 Å². The fourth-order valence-electron chi connectivity index (χ4n) is 0.504. The summed E-state index contributed by atoms with van der Waals surface area (Å²) in [7, 11) is 0. The van der Waals surface area contributed by atoms with E-state index < -0.39 is 0 Å². The number of hydrogen-bond acceptors (Lipinski definition) is 0. The van der Waals surface area contributed by atoms with Crippen LogP contribution in [0.3, 0.4) is 0 Å². The molecular weight excluding hydrogens is 298 g/mol. The van der Waals surface area contributed by atoms with E-state index in [1.54, 1.807) is 12.1 Å². The second-order valence-electron chi connectivity index (χ2n) is 1.51. The first-order chi connectivity index (χ1) is 4.33. The van der Waals surface area contributed by atoms with Crippen LogP contribution >= 0.6 is 12.7 Å². The van der Waals surface area contributed by atoms with E-state index in [0.717, 1.165) is 3.57 Å². The van der Waals surface area contributed by atoms with Crippen molar-refractivity contribution in [2.75, 3.05) is 0 Å². The van der Waals surface area contributed by atoms with Gasteiger partial charge in [-0.15, -0.1) is 0 Å². The molecule has 0 nitrogen and oxygen atoms in total. The zero-order chi connectivity index (χ0) is 6.69. The van der Waals surface area contributed by atoms with Gasteiger partial charge in [-0.3, -0.25) is 0 Å². The molecule has 3 heteroatoms. The van der Waals surface area contributed by atoms with Crippen molar-refractivity contribution in [3.8, 4) is 0 Å². The van der Waals surface area contributed by atoms with Crippen molar-refractivity contribution in [1.29, 1.82) is 0 Å². The third-order valence-electron chi connectivity index (χ3n) is 0.869. The van der Waals surface area contributed by atoms with Gasteiger partial charge in [0, 0.05) is 0 Å². The summed E-state index contributed by atoms with van der Waals surface area (Å²) in [5, 5.41) is 0. The molecule has 0 aromatic heterocycles. The molecule has 0 amide bonds. The van der Waals surface area contributed by atoms with Crippen molar-refractivity contribution < 1.29 is 23.4 Å². The monoisotopic (exact) mass is 301 g/mol. The minimum absolute atomic E-state index is 0.135. The van der Waals surface area contributed by atoms with Crippen LogP contribution in [0.4, 0.5) is 4.39 Å². The van der Waals surface area contributed by atoms with E-state index in [-0.39, 0.29) is 24.8 Å². The average molecular weight is 302 g/mol. The summed E-state index contributed by atoms with van der Waals surface area (Å²) >= 11 is 3.20. The van der Waals surface area contributed by atoms with Gasteiger partial charge in [-0.05, 0) is 0 Å². The predicted octanol–water partition coefficient (Wildman–Crippen LogP) is -0.606. The molecule has 0 bridgehead atoms. The summed E-state index contributed by atoms with van der Waals surface area (Å²) < 4.78 is 13.4. The molecule has 0 fully saturated rings. The normalized spacial score (nSPS) is 10.0. The summed E-state index contributed by atoms with van der Waals surface area (Å²) in [6, 6.07) is 6.66.